The van der Waals surface area contributed by atoms with Gasteiger partial charge in [0.15, 0.2) is 0 Å². The second-order valence-corrected chi connectivity index (χ2v) is 5.24. The second-order valence-electron chi connectivity index (χ2n) is 5.24. The molecule has 0 aromatic carbocycles. The number of fused-ring (bicyclic) bond motifs is 10. The first kappa shape index (κ1) is 5.61. The molecule has 64 valence electrons. The Hall–Kier alpha value is -0.0800. The predicted octanol–water partition coefficient (Wildman–Crippen LogP) is 0.807. The summed E-state index contributed by atoms with van der Waals surface area (Å²) in [6, 6.07) is 0. The minimum Gasteiger partial charge on any atom is -0.369 e. The molecule has 2 aliphatic heterocycles. The zero-order valence-electron chi connectivity index (χ0n) is 6.85. The maximum Gasteiger partial charge on any atom is 0.0876 e. The third kappa shape index (κ3) is 0.409. The molecule has 0 amide bonds. The topological polar surface area (TPSA) is 25.1 Å². The molecular formula is C10H12O2. The van der Waals surface area contributed by atoms with E-state index < -0.39 is 0 Å². The van der Waals surface area contributed by atoms with Crippen LogP contribution in [0.5, 0.6) is 0 Å². The molecule has 2 saturated heterocycles. The molecule has 3 aliphatic carbocycles. The lowest BCUT2D eigenvalue weighted by Crippen LogP contribution is -2.27. The van der Waals surface area contributed by atoms with Crippen LogP contribution in [0.15, 0.2) is 0 Å². The van der Waals surface area contributed by atoms with E-state index in [0.29, 0.717) is 24.4 Å². The average Bonchev–Trinajstić information content (AvgIpc) is 2.92. The zero-order valence-corrected chi connectivity index (χ0v) is 6.85. The monoisotopic (exact) mass is 164 g/mol. The molecule has 0 aromatic heterocycles. The molecule has 0 aromatic rings. The molecule has 2 heterocycles. The summed E-state index contributed by atoms with van der Waals surface area (Å²) in [7, 11) is 0. The molecule has 2 nitrogen and oxygen atoms in total. The van der Waals surface area contributed by atoms with Crippen molar-refractivity contribution in [2.45, 2.75) is 37.3 Å². The highest BCUT2D eigenvalue weighted by Crippen LogP contribution is 2.69. The van der Waals surface area contributed by atoms with E-state index in [4.69, 9.17) is 9.47 Å². The van der Waals surface area contributed by atoms with E-state index in [1.807, 2.05) is 0 Å². The van der Waals surface area contributed by atoms with Gasteiger partial charge in [-0.3, -0.25) is 0 Å². The van der Waals surface area contributed by atoms with Crippen LogP contribution in [0.2, 0.25) is 0 Å². The summed E-state index contributed by atoms with van der Waals surface area (Å²) in [5, 5.41) is 0. The average molecular weight is 164 g/mol. The Kier molecular flexibility index (Phi) is 0.644. The lowest BCUT2D eigenvalue weighted by atomic mass is 9.81. The minimum atomic E-state index is 0.676. The maximum absolute atomic E-state index is 5.69. The van der Waals surface area contributed by atoms with Crippen LogP contribution in [-0.4, -0.2) is 24.4 Å². The van der Waals surface area contributed by atoms with Gasteiger partial charge in [0.2, 0.25) is 0 Å². The van der Waals surface area contributed by atoms with Gasteiger partial charge in [-0.2, -0.15) is 0 Å². The van der Waals surface area contributed by atoms with Crippen molar-refractivity contribution in [1.82, 2.24) is 0 Å². The van der Waals surface area contributed by atoms with E-state index in [1.165, 1.54) is 12.8 Å². The van der Waals surface area contributed by atoms with E-state index in [1.54, 1.807) is 0 Å². The summed E-state index contributed by atoms with van der Waals surface area (Å²) < 4.78 is 11.3. The van der Waals surface area contributed by atoms with Crippen molar-refractivity contribution in [2.24, 2.45) is 23.7 Å². The quantitative estimate of drug-likeness (QED) is 0.495. The molecule has 0 N–H and O–H groups in total. The molecule has 2 bridgehead atoms. The van der Waals surface area contributed by atoms with Gasteiger partial charge in [-0.15, -0.1) is 0 Å². The Bertz CT molecular complexity index is 273. The van der Waals surface area contributed by atoms with Crippen molar-refractivity contribution in [3.05, 3.63) is 0 Å². The smallest absolute Gasteiger partial charge is 0.0876 e. The predicted molar refractivity (Wildman–Crippen MR) is 40.5 cm³/mol. The Balaban J connectivity index is 1.66. The Morgan fingerprint density at radius 2 is 1.67 bits per heavy atom. The molecule has 0 spiro atoms. The number of hydrogen-bond donors (Lipinski definition) is 0. The van der Waals surface area contributed by atoms with Crippen LogP contribution in [0.25, 0.3) is 0 Å². The molecule has 12 heavy (non-hydrogen) atoms. The molecule has 5 aliphatic rings. The van der Waals surface area contributed by atoms with Crippen LogP contribution in [0.4, 0.5) is 0 Å². The van der Waals surface area contributed by atoms with Gasteiger partial charge in [-0.25, -0.2) is 0 Å². The number of ether oxygens (including phenoxy) is 2. The summed E-state index contributed by atoms with van der Waals surface area (Å²) >= 11 is 0. The highest BCUT2D eigenvalue weighted by Gasteiger charge is 2.74. The molecule has 8 atom stereocenters. The van der Waals surface area contributed by atoms with Gasteiger partial charge >= 0.3 is 0 Å². The van der Waals surface area contributed by atoms with Crippen molar-refractivity contribution >= 4 is 0 Å². The van der Waals surface area contributed by atoms with Crippen LogP contribution >= 0.6 is 0 Å². The lowest BCUT2D eigenvalue weighted by molar-refractivity contribution is 0.162. The molecule has 5 rings (SSSR count). The van der Waals surface area contributed by atoms with Crippen LogP contribution in [0.1, 0.15) is 12.8 Å². The minimum absolute atomic E-state index is 0.676. The molecule has 3 saturated carbocycles. The van der Waals surface area contributed by atoms with Crippen molar-refractivity contribution in [3.63, 3.8) is 0 Å². The number of epoxide rings is 2. The summed E-state index contributed by atoms with van der Waals surface area (Å²) in [4.78, 5) is 0. The van der Waals surface area contributed by atoms with Gasteiger partial charge in [0.1, 0.15) is 0 Å². The second kappa shape index (κ2) is 1.38. The van der Waals surface area contributed by atoms with Crippen LogP contribution < -0.4 is 0 Å². The highest BCUT2D eigenvalue weighted by molar-refractivity contribution is 5.21. The van der Waals surface area contributed by atoms with E-state index in [0.717, 1.165) is 23.7 Å². The Morgan fingerprint density at radius 3 is 2.67 bits per heavy atom. The molecule has 0 unspecified atom stereocenters. The first-order valence-electron chi connectivity index (χ1n) is 5.24. The van der Waals surface area contributed by atoms with Crippen molar-refractivity contribution < 1.29 is 9.47 Å². The number of rotatable bonds is 0. The van der Waals surface area contributed by atoms with Gasteiger partial charge in [-0.05, 0) is 36.5 Å². The van der Waals surface area contributed by atoms with Crippen molar-refractivity contribution in [1.29, 1.82) is 0 Å². The van der Waals surface area contributed by atoms with Crippen LogP contribution in [0, 0.1) is 23.7 Å². The van der Waals surface area contributed by atoms with E-state index in [9.17, 15) is 0 Å². The van der Waals surface area contributed by atoms with E-state index >= 15 is 0 Å². The fourth-order valence-electron chi connectivity index (χ4n) is 4.58. The SMILES string of the molecule is C1[C@H]2[C@@H]3C[C@@H]4O[C@@H]4[C@@H]3[C@@H]1[C@H]1O[C@H]21. The van der Waals surface area contributed by atoms with Gasteiger partial charge in [0, 0.05) is 0 Å². The Morgan fingerprint density at radius 1 is 0.750 bits per heavy atom. The fraction of sp³-hybridized carbons (Fsp3) is 1.00. The number of hydrogen-bond acceptors (Lipinski definition) is 2. The Labute approximate surface area is 71.2 Å². The third-order valence-electron chi connectivity index (χ3n) is 4.99. The first-order chi connectivity index (χ1) is 5.93. The molecular weight excluding hydrogens is 152 g/mol. The summed E-state index contributed by atoms with van der Waals surface area (Å²) in [5.74, 6) is 3.77. The normalized spacial score (nSPS) is 80.0. The van der Waals surface area contributed by atoms with E-state index in [-0.39, 0.29) is 0 Å². The summed E-state index contributed by atoms with van der Waals surface area (Å²) in [6.07, 6.45) is 5.58. The largest absolute Gasteiger partial charge is 0.369 e. The molecule has 0 radical (unpaired) electrons. The summed E-state index contributed by atoms with van der Waals surface area (Å²) in [5.41, 5.74) is 0. The molecule has 2 heteroatoms. The van der Waals surface area contributed by atoms with Gasteiger partial charge in [0.25, 0.3) is 0 Å². The van der Waals surface area contributed by atoms with E-state index in [2.05, 4.69) is 0 Å². The van der Waals surface area contributed by atoms with Gasteiger partial charge < -0.3 is 9.47 Å². The maximum atomic E-state index is 5.69. The van der Waals surface area contributed by atoms with Crippen LogP contribution in [0.3, 0.4) is 0 Å². The van der Waals surface area contributed by atoms with Crippen LogP contribution in [-0.2, 0) is 9.47 Å². The third-order valence-corrected chi connectivity index (χ3v) is 4.99. The lowest BCUT2D eigenvalue weighted by Gasteiger charge is -2.22. The van der Waals surface area contributed by atoms with Gasteiger partial charge in [-0.1, -0.05) is 0 Å². The first-order valence-corrected chi connectivity index (χ1v) is 5.24. The van der Waals surface area contributed by atoms with Crippen molar-refractivity contribution in [3.8, 4) is 0 Å². The van der Waals surface area contributed by atoms with Crippen molar-refractivity contribution in [2.75, 3.05) is 0 Å². The van der Waals surface area contributed by atoms with Gasteiger partial charge in [0.05, 0.1) is 24.4 Å². The highest BCUT2D eigenvalue weighted by atomic mass is 16.6. The zero-order chi connectivity index (χ0) is 7.45. The summed E-state index contributed by atoms with van der Waals surface area (Å²) in [6.45, 7) is 0. The standard InChI is InChI=1S/C10H12O2/c1-4-3-2-6-10(11-6)7(3)5(1)9-8(4)12-9/h3-10H,1-2H2/t3-,4-,5+,6-,7-,8+,9+,10-/m0/s1. The molecule has 5 fully saturated rings. The fourth-order valence-corrected chi connectivity index (χ4v) is 4.58.